The summed E-state index contributed by atoms with van der Waals surface area (Å²) < 4.78 is 4.81. The molecule has 0 amide bonds. The Morgan fingerprint density at radius 3 is 2.33 bits per heavy atom. The molecule has 0 heterocycles. The molecule has 0 fully saturated rings. The average Bonchev–Trinajstić information content (AvgIpc) is 2.58. The molecule has 128 valence electrons. The minimum absolute atomic E-state index is 0.293. The highest BCUT2D eigenvalue weighted by molar-refractivity contribution is 6.30. The molecule has 3 atom stereocenters. The van der Waals surface area contributed by atoms with E-state index in [1.54, 1.807) is 37.3 Å². The quantitative estimate of drug-likeness (QED) is 0.730. The lowest BCUT2D eigenvalue weighted by Gasteiger charge is -2.26. The normalized spacial score (nSPS) is 14.7. The van der Waals surface area contributed by atoms with Gasteiger partial charge in [0.2, 0.25) is 0 Å². The molecule has 1 unspecified atom stereocenters. The van der Waals surface area contributed by atoms with E-state index in [1.807, 2.05) is 18.2 Å². The van der Waals surface area contributed by atoms with Crippen molar-refractivity contribution in [2.45, 2.75) is 25.4 Å². The molecule has 0 spiro atoms. The van der Waals surface area contributed by atoms with Gasteiger partial charge in [0.25, 0.3) is 0 Å². The highest BCUT2D eigenvalue weighted by Crippen LogP contribution is 2.37. The number of benzene rings is 2. The second-order valence-corrected chi connectivity index (χ2v) is 6.69. The fourth-order valence-electron chi connectivity index (χ4n) is 2.76. The molecule has 0 aliphatic carbocycles. The van der Waals surface area contributed by atoms with E-state index in [4.69, 9.17) is 27.9 Å². The Hall–Kier alpha value is -1.55. The number of methoxy groups -OCH3 is 1. The summed E-state index contributed by atoms with van der Waals surface area (Å²) in [6, 6.07) is 14.4. The van der Waals surface area contributed by atoms with Crippen molar-refractivity contribution in [3.63, 3.8) is 0 Å². The third-order valence-electron chi connectivity index (χ3n) is 4.08. The zero-order chi connectivity index (χ0) is 17.7. The van der Waals surface area contributed by atoms with Crippen LogP contribution in [0.4, 0.5) is 0 Å². The molecule has 0 bridgehead atoms. The van der Waals surface area contributed by atoms with Gasteiger partial charge >= 0.3 is 5.97 Å². The molecule has 2 aromatic rings. The highest BCUT2D eigenvalue weighted by Gasteiger charge is 2.28. The van der Waals surface area contributed by atoms with Gasteiger partial charge in [-0.1, -0.05) is 54.4 Å². The zero-order valence-corrected chi connectivity index (χ0v) is 15.1. The molecule has 24 heavy (non-hydrogen) atoms. The molecular weight excluding hydrogens is 347 g/mol. The topological polar surface area (TPSA) is 46.5 Å². The minimum Gasteiger partial charge on any atom is -0.469 e. The van der Waals surface area contributed by atoms with Gasteiger partial charge < -0.3 is 9.84 Å². The van der Waals surface area contributed by atoms with Crippen molar-refractivity contribution in [3.05, 3.63) is 69.7 Å². The number of rotatable bonds is 6. The van der Waals surface area contributed by atoms with E-state index in [0.29, 0.717) is 16.5 Å². The summed E-state index contributed by atoms with van der Waals surface area (Å²) in [7, 11) is 1.36. The van der Waals surface area contributed by atoms with E-state index in [1.165, 1.54) is 7.11 Å². The van der Waals surface area contributed by atoms with Gasteiger partial charge in [-0.15, -0.1) is 0 Å². The number of carbonyl (C=O) groups is 1. The molecule has 2 aromatic carbocycles. The third-order valence-corrected chi connectivity index (χ3v) is 4.57. The number of carbonyl (C=O) groups excluding carboxylic acids is 1. The van der Waals surface area contributed by atoms with Crippen molar-refractivity contribution in [3.8, 4) is 0 Å². The van der Waals surface area contributed by atoms with E-state index in [-0.39, 0.29) is 17.8 Å². The second kappa shape index (κ2) is 8.52. The number of halogens is 2. The Morgan fingerprint density at radius 2 is 1.75 bits per heavy atom. The number of aliphatic hydroxyl groups is 1. The maximum absolute atomic E-state index is 11.8. The average molecular weight is 367 g/mol. The summed E-state index contributed by atoms with van der Waals surface area (Å²) in [5, 5.41) is 12.1. The number of esters is 1. The minimum atomic E-state index is -0.784. The Labute approximate surface area is 152 Å². The Kier molecular flexibility index (Phi) is 6.67. The van der Waals surface area contributed by atoms with Gasteiger partial charge in [-0.05, 0) is 41.8 Å². The van der Waals surface area contributed by atoms with E-state index in [2.05, 4.69) is 0 Å². The predicted octanol–water partition coefficient (Wildman–Crippen LogP) is 5.01. The molecule has 0 aliphatic rings. The number of ether oxygens (including phenoxy) is 1. The summed E-state index contributed by atoms with van der Waals surface area (Å²) in [5.74, 6) is -0.940. The molecule has 0 aliphatic heterocycles. The summed E-state index contributed by atoms with van der Waals surface area (Å²) in [6.07, 6.45) is -0.343. The maximum Gasteiger partial charge on any atom is 0.308 e. The highest BCUT2D eigenvalue weighted by atomic mass is 35.5. The van der Waals surface area contributed by atoms with Gasteiger partial charge in [0.05, 0.1) is 19.1 Å². The van der Waals surface area contributed by atoms with Gasteiger partial charge in [0.1, 0.15) is 0 Å². The first-order valence-corrected chi connectivity index (χ1v) is 8.44. The lowest BCUT2D eigenvalue weighted by atomic mass is 9.82. The molecule has 0 radical (unpaired) electrons. The Bertz CT molecular complexity index is 685. The van der Waals surface area contributed by atoms with Gasteiger partial charge in [-0.2, -0.15) is 0 Å². The maximum atomic E-state index is 11.8. The van der Waals surface area contributed by atoms with Gasteiger partial charge in [0, 0.05) is 16.0 Å². The molecule has 0 saturated heterocycles. The van der Waals surface area contributed by atoms with Crippen LogP contribution in [0.1, 0.15) is 36.5 Å². The van der Waals surface area contributed by atoms with Gasteiger partial charge in [-0.25, -0.2) is 0 Å². The zero-order valence-electron chi connectivity index (χ0n) is 13.6. The predicted molar refractivity (Wildman–Crippen MR) is 96.4 cm³/mol. The molecule has 5 heteroatoms. The van der Waals surface area contributed by atoms with Crippen LogP contribution in [0, 0.1) is 5.92 Å². The fraction of sp³-hybridized carbons (Fsp3) is 0.316. The Morgan fingerprint density at radius 1 is 1.08 bits per heavy atom. The van der Waals surface area contributed by atoms with E-state index >= 15 is 0 Å². The van der Waals surface area contributed by atoms with Crippen molar-refractivity contribution < 1.29 is 14.6 Å². The van der Waals surface area contributed by atoms with Crippen LogP contribution in [-0.4, -0.2) is 18.2 Å². The van der Waals surface area contributed by atoms with E-state index in [0.717, 1.165) is 11.1 Å². The van der Waals surface area contributed by atoms with Crippen molar-refractivity contribution in [1.29, 1.82) is 0 Å². The first kappa shape index (κ1) is 18.8. The summed E-state index contributed by atoms with van der Waals surface area (Å²) >= 11 is 12.0. The van der Waals surface area contributed by atoms with Crippen LogP contribution in [0.25, 0.3) is 0 Å². The number of hydrogen-bond acceptors (Lipinski definition) is 3. The van der Waals surface area contributed by atoms with Crippen molar-refractivity contribution in [2.75, 3.05) is 7.11 Å². The Balaban J connectivity index is 2.34. The van der Waals surface area contributed by atoms with Crippen LogP contribution in [0.15, 0.2) is 48.5 Å². The van der Waals surface area contributed by atoms with Crippen molar-refractivity contribution in [2.24, 2.45) is 5.92 Å². The smallest absolute Gasteiger partial charge is 0.308 e. The third kappa shape index (κ3) is 4.73. The van der Waals surface area contributed by atoms with Crippen molar-refractivity contribution in [1.82, 2.24) is 0 Å². The van der Waals surface area contributed by atoms with Crippen LogP contribution in [0.3, 0.4) is 0 Å². The van der Waals surface area contributed by atoms with Crippen molar-refractivity contribution >= 4 is 29.2 Å². The molecule has 0 saturated carbocycles. The number of aliphatic hydroxyl groups excluding tert-OH is 1. The largest absolute Gasteiger partial charge is 0.469 e. The van der Waals surface area contributed by atoms with Crippen LogP contribution in [-0.2, 0) is 9.53 Å². The van der Waals surface area contributed by atoms with Crippen LogP contribution in [0.2, 0.25) is 10.0 Å². The van der Waals surface area contributed by atoms with Crippen LogP contribution >= 0.6 is 23.2 Å². The lowest BCUT2D eigenvalue weighted by molar-refractivity contribution is -0.145. The molecule has 2 rings (SSSR count). The summed E-state index contributed by atoms with van der Waals surface area (Å²) in [6.45, 7) is 1.79. The molecule has 1 N–H and O–H groups in total. The second-order valence-electron chi connectivity index (χ2n) is 5.82. The van der Waals surface area contributed by atoms with E-state index < -0.39 is 6.10 Å². The molecule has 3 nitrogen and oxygen atoms in total. The van der Waals surface area contributed by atoms with E-state index in [9.17, 15) is 9.90 Å². The first-order valence-electron chi connectivity index (χ1n) is 7.69. The van der Waals surface area contributed by atoms with Gasteiger partial charge in [-0.3, -0.25) is 4.79 Å². The number of hydrogen-bond donors (Lipinski definition) is 1. The molecule has 0 aromatic heterocycles. The van der Waals surface area contributed by atoms with Gasteiger partial charge in [0.15, 0.2) is 0 Å². The molecular formula is C19H20Cl2O3. The summed E-state index contributed by atoms with van der Waals surface area (Å²) in [5.41, 5.74) is 1.61. The SMILES string of the molecule is COC(=O)C(C)C[C@H](c1cccc(Cl)c1)[C@@H](O)c1ccc(Cl)cc1. The van der Waals surface area contributed by atoms with Crippen LogP contribution < -0.4 is 0 Å². The lowest BCUT2D eigenvalue weighted by Crippen LogP contribution is -2.20. The first-order chi connectivity index (χ1) is 11.4. The summed E-state index contributed by atoms with van der Waals surface area (Å²) in [4.78, 5) is 11.8. The fourth-order valence-corrected chi connectivity index (χ4v) is 3.08. The monoisotopic (exact) mass is 366 g/mol. The standard InChI is InChI=1S/C19H20Cl2O3/c1-12(19(23)24-2)10-17(14-4-3-5-16(21)11-14)18(22)13-6-8-15(20)9-7-13/h3-9,11-12,17-18,22H,10H2,1-2H3/t12?,17-,18+/m1/s1. The van der Waals surface area contributed by atoms with Crippen LogP contribution in [0.5, 0.6) is 0 Å².